The van der Waals surface area contributed by atoms with Crippen LogP contribution in [0.5, 0.6) is 0 Å². The van der Waals surface area contributed by atoms with Gasteiger partial charge in [0.25, 0.3) is 6.43 Å². The minimum Gasteiger partial charge on any atom is -0.399 e. The van der Waals surface area contributed by atoms with E-state index in [0.717, 1.165) is 19.1 Å². The van der Waals surface area contributed by atoms with Gasteiger partial charge in [-0.2, -0.15) is 0 Å². The summed E-state index contributed by atoms with van der Waals surface area (Å²) in [6, 6.07) is 1.82. The van der Waals surface area contributed by atoms with Crippen molar-refractivity contribution in [1.29, 1.82) is 0 Å². The smallest absolute Gasteiger partial charge is 0.267 e. The third kappa shape index (κ3) is 1.86. The lowest BCUT2D eigenvalue weighted by Crippen LogP contribution is -2.05. The van der Waals surface area contributed by atoms with E-state index in [1.807, 2.05) is 0 Å². The van der Waals surface area contributed by atoms with Crippen LogP contribution < -0.4 is 5.73 Å². The minimum absolute atomic E-state index is 0.0444. The van der Waals surface area contributed by atoms with Crippen LogP contribution in [0.2, 0.25) is 0 Å². The van der Waals surface area contributed by atoms with Crippen molar-refractivity contribution in [2.45, 2.75) is 13.3 Å². The van der Waals surface area contributed by atoms with Crippen molar-refractivity contribution in [3.8, 4) is 0 Å². The number of carbonyl (C=O) groups excluding carboxylic acids is 1. The second-order valence-electron chi connectivity index (χ2n) is 2.82. The van der Waals surface area contributed by atoms with Gasteiger partial charge >= 0.3 is 0 Å². The molecule has 0 amide bonds. The molecule has 2 nitrogen and oxygen atoms in total. The second kappa shape index (κ2) is 3.69. The molecule has 0 spiro atoms. The summed E-state index contributed by atoms with van der Waals surface area (Å²) in [4.78, 5) is 10.9. The summed E-state index contributed by atoms with van der Waals surface area (Å²) in [5, 5.41) is 0. The van der Waals surface area contributed by atoms with Crippen LogP contribution in [0.25, 0.3) is 0 Å². The summed E-state index contributed by atoms with van der Waals surface area (Å²) >= 11 is 0. The Morgan fingerprint density at radius 1 is 1.43 bits per heavy atom. The molecule has 1 aromatic carbocycles. The first-order chi connectivity index (χ1) is 6.43. The van der Waals surface area contributed by atoms with E-state index in [0.29, 0.717) is 0 Å². The SMILES string of the molecule is CC(=O)c1cc(N)cc(F)c1C(F)F. The topological polar surface area (TPSA) is 43.1 Å². The van der Waals surface area contributed by atoms with E-state index in [4.69, 9.17) is 5.73 Å². The lowest BCUT2D eigenvalue weighted by Gasteiger charge is -2.08. The van der Waals surface area contributed by atoms with Crippen LogP contribution in [0.15, 0.2) is 12.1 Å². The van der Waals surface area contributed by atoms with Gasteiger partial charge in [-0.3, -0.25) is 4.79 Å². The number of hydrogen-bond acceptors (Lipinski definition) is 2. The molecule has 0 aliphatic heterocycles. The Labute approximate surface area is 78.5 Å². The van der Waals surface area contributed by atoms with E-state index in [9.17, 15) is 18.0 Å². The van der Waals surface area contributed by atoms with Crippen LogP contribution in [0.1, 0.15) is 29.3 Å². The van der Waals surface area contributed by atoms with Gasteiger partial charge in [-0.25, -0.2) is 13.2 Å². The zero-order valence-corrected chi connectivity index (χ0v) is 7.35. The van der Waals surface area contributed by atoms with Crippen LogP contribution in [-0.4, -0.2) is 5.78 Å². The molecule has 0 heterocycles. The number of rotatable bonds is 2. The Bertz CT molecular complexity index is 377. The average molecular weight is 203 g/mol. The van der Waals surface area contributed by atoms with Gasteiger partial charge in [0.1, 0.15) is 5.82 Å². The predicted octanol–water partition coefficient (Wildman–Crippen LogP) is 2.55. The number of hydrogen-bond donors (Lipinski definition) is 1. The summed E-state index contributed by atoms with van der Waals surface area (Å²) in [5.41, 5.74) is 3.94. The maximum Gasteiger partial charge on any atom is 0.267 e. The highest BCUT2D eigenvalue weighted by Crippen LogP contribution is 2.28. The third-order valence-electron chi connectivity index (χ3n) is 1.75. The maximum absolute atomic E-state index is 13.0. The van der Waals surface area contributed by atoms with Gasteiger partial charge in [0.2, 0.25) is 0 Å². The first-order valence-corrected chi connectivity index (χ1v) is 3.81. The molecule has 0 unspecified atom stereocenters. The molecule has 0 radical (unpaired) electrons. The normalized spacial score (nSPS) is 10.6. The molecule has 0 aliphatic carbocycles. The quantitative estimate of drug-likeness (QED) is 0.592. The van der Waals surface area contributed by atoms with E-state index in [-0.39, 0.29) is 11.3 Å². The third-order valence-corrected chi connectivity index (χ3v) is 1.75. The number of Topliss-reactive ketones (excluding diaryl/α,β-unsaturated/α-hetero) is 1. The van der Waals surface area contributed by atoms with Crippen LogP contribution in [0.3, 0.4) is 0 Å². The molecule has 76 valence electrons. The Balaban J connectivity index is 3.44. The fraction of sp³-hybridized carbons (Fsp3) is 0.222. The van der Waals surface area contributed by atoms with Crippen LogP contribution >= 0.6 is 0 Å². The molecular formula is C9H8F3NO. The Morgan fingerprint density at radius 3 is 2.43 bits per heavy atom. The Kier molecular flexibility index (Phi) is 2.78. The van der Waals surface area contributed by atoms with E-state index in [2.05, 4.69) is 0 Å². The zero-order chi connectivity index (χ0) is 10.9. The molecule has 0 saturated carbocycles. The average Bonchev–Trinajstić information content (AvgIpc) is 2.01. The molecule has 14 heavy (non-hydrogen) atoms. The number of anilines is 1. The zero-order valence-electron chi connectivity index (χ0n) is 7.35. The van der Waals surface area contributed by atoms with Crippen molar-refractivity contribution in [3.63, 3.8) is 0 Å². The largest absolute Gasteiger partial charge is 0.399 e. The Hall–Kier alpha value is -1.52. The molecule has 2 N–H and O–H groups in total. The van der Waals surface area contributed by atoms with Crippen molar-refractivity contribution in [1.82, 2.24) is 0 Å². The number of carbonyl (C=O) groups is 1. The molecule has 0 aliphatic rings. The predicted molar refractivity (Wildman–Crippen MR) is 45.8 cm³/mol. The number of ketones is 1. The number of nitrogens with two attached hydrogens (primary N) is 1. The van der Waals surface area contributed by atoms with E-state index < -0.39 is 23.6 Å². The molecule has 0 atom stereocenters. The Morgan fingerprint density at radius 2 is 2.00 bits per heavy atom. The van der Waals surface area contributed by atoms with E-state index in [1.165, 1.54) is 0 Å². The lowest BCUT2D eigenvalue weighted by atomic mass is 10.0. The summed E-state index contributed by atoms with van der Waals surface area (Å²) in [5.74, 6) is -1.78. The highest BCUT2D eigenvalue weighted by atomic mass is 19.3. The standard InChI is InChI=1S/C9H8F3NO/c1-4(14)6-2-5(13)3-7(10)8(6)9(11)12/h2-3,9H,13H2,1H3. The highest BCUT2D eigenvalue weighted by Gasteiger charge is 2.21. The van der Waals surface area contributed by atoms with Gasteiger partial charge in [-0.15, -0.1) is 0 Å². The van der Waals surface area contributed by atoms with Crippen molar-refractivity contribution >= 4 is 11.5 Å². The molecular weight excluding hydrogens is 195 g/mol. The first-order valence-electron chi connectivity index (χ1n) is 3.81. The fourth-order valence-corrected chi connectivity index (χ4v) is 1.15. The van der Waals surface area contributed by atoms with Crippen molar-refractivity contribution in [2.24, 2.45) is 0 Å². The van der Waals surface area contributed by atoms with Crippen LogP contribution in [0, 0.1) is 5.82 Å². The van der Waals surface area contributed by atoms with Gasteiger partial charge in [-0.1, -0.05) is 0 Å². The number of halogens is 3. The van der Waals surface area contributed by atoms with E-state index in [1.54, 1.807) is 0 Å². The molecule has 0 saturated heterocycles. The lowest BCUT2D eigenvalue weighted by molar-refractivity contribution is 0.0996. The summed E-state index contributed by atoms with van der Waals surface area (Å²) in [6.45, 7) is 1.08. The number of nitrogen functional groups attached to an aromatic ring is 1. The molecule has 5 heteroatoms. The molecule has 1 rings (SSSR count). The molecule has 0 bridgehead atoms. The first kappa shape index (κ1) is 10.6. The minimum atomic E-state index is -3.02. The maximum atomic E-state index is 13.0. The van der Waals surface area contributed by atoms with Gasteiger partial charge in [0, 0.05) is 11.3 Å². The van der Waals surface area contributed by atoms with Crippen molar-refractivity contribution < 1.29 is 18.0 Å². The van der Waals surface area contributed by atoms with Crippen LogP contribution in [0.4, 0.5) is 18.9 Å². The fourth-order valence-electron chi connectivity index (χ4n) is 1.15. The highest BCUT2D eigenvalue weighted by molar-refractivity contribution is 5.96. The number of benzene rings is 1. The van der Waals surface area contributed by atoms with Gasteiger partial charge in [0.05, 0.1) is 5.56 Å². The van der Waals surface area contributed by atoms with Crippen molar-refractivity contribution in [2.75, 3.05) is 5.73 Å². The molecule has 0 fully saturated rings. The monoisotopic (exact) mass is 203 g/mol. The second-order valence-corrected chi connectivity index (χ2v) is 2.82. The van der Waals surface area contributed by atoms with Crippen LogP contribution in [-0.2, 0) is 0 Å². The molecule has 1 aromatic rings. The van der Waals surface area contributed by atoms with E-state index >= 15 is 0 Å². The van der Waals surface area contributed by atoms with Gasteiger partial charge in [-0.05, 0) is 19.1 Å². The summed E-state index contributed by atoms with van der Waals surface area (Å²) < 4.78 is 37.7. The number of alkyl halides is 2. The summed E-state index contributed by atoms with van der Waals surface area (Å²) in [7, 11) is 0. The van der Waals surface area contributed by atoms with Crippen molar-refractivity contribution in [3.05, 3.63) is 29.1 Å². The van der Waals surface area contributed by atoms with Gasteiger partial charge in [0.15, 0.2) is 5.78 Å². The van der Waals surface area contributed by atoms with Gasteiger partial charge < -0.3 is 5.73 Å². The molecule has 0 aromatic heterocycles. The summed E-state index contributed by atoms with van der Waals surface area (Å²) in [6.07, 6.45) is -3.02.